The van der Waals surface area contributed by atoms with E-state index in [4.69, 9.17) is 32.7 Å². The molecule has 1 N–H and O–H groups in total. The number of benzene rings is 3. The Morgan fingerprint density at radius 1 is 1.03 bits per heavy atom. The Morgan fingerprint density at radius 3 is 2.33 bits per heavy atom. The zero-order chi connectivity index (χ0) is 23.6. The fraction of sp³-hybridized carbons (Fsp3) is 0.167. The van der Waals surface area contributed by atoms with Gasteiger partial charge in [-0.2, -0.15) is 5.10 Å². The monoisotopic (exact) mass is 566 g/mol. The molecule has 0 fully saturated rings. The molecule has 0 radical (unpaired) electrons. The van der Waals surface area contributed by atoms with Gasteiger partial charge in [0.05, 0.1) is 18.6 Å². The van der Waals surface area contributed by atoms with Crippen LogP contribution < -0.4 is 14.9 Å². The van der Waals surface area contributed by atoms with Crippen molar-refractivity contribution in [3.8, 4) is 11.5 Å². The number of halogens is 3. The van der Waals surface area contributed by atoms with Crippen molar-refractivity contribution in [1.29, 1.82) is 0 Å². The van der Waals surface area contributed by atoms with Gasteiger partial charge in [0, 0.05) is 25.0 Å². The fourth-order valence-corrected chi connectivity index (χ4v) is 4.03. The van der Waals surface area contributed by atoms with Crippen molar-refractivity contribution >= 4 is 63.0 Å². The minimum absolute atomic E-state index is 0.213. The molecule has 0 bridgehead atoms. The normalized spacial score (nSPS) is 10.9. The van der Waals surface area contributed by atoms with Gasteiger partial charge in [0.2, 0.25) is 5.91 Å². The van der Waals surface area contributed by atoms with Crippen LogP contribution in [-0.2, 0) is 11.4 Å². The van der Waals surface area contributed by atoms with Crippen molar-refractivity contribution in [3.63, 3.8) is 0 Å². The Bertz CT molecular complexity index is 1110. The van der Waals surface area contributed by atoms with Crippen LogP contribution in [0.5, 0.6) is 11.5 Å². The number of hydrazone groups is 1. The second-order valence-electron chi connectivity index (χ2n) is 6.70. The molecule has 0 saturated heterocycles. The molecule has 3 aromatic carbocycles. The zero-order valence-electron chi connectivity index (χ0n) is 17.7. The Hall–Kier alpha value is -2.19. The minimum Gasteiger partial charge on any atom is -0.490 e. The smallest absolute Gasteiger partial charge is 0.250 e. The van der Waals surface area contributed by atoms with Crippen molar-refractivity contribution in [2.24, 2.45) is 5.10 Å². The number of thioether (sulfide) groups is 1. The van der Waals surface area contributed by atoms with E-state index in [2.05, 4.69) is 26.5 Å². The minimum atomic E-state index is -0.213. The number of nitrogens with zero attached hydrogens (tertiary/aromatic N) is 1. The highest BCUT2D eigenvalue weighted by Gasteiger charge is 2.11. The van der Waals surface area contributed by atoms with Crippen LogP contribution in [0, 0.1) is 0 Å². The number of ether oxygens (including phenoxy) is 2. The van der Waals surface area contributed by atoms with Gasteiger partial charge in [0.15, 0.2) is 11.5 Å². The summed E-state index contributed by atoms with van der Waals surface area (Å²) in [4.78, 5) is 13.0. The molecule has 0 aromatic heterocycles. The maximum atomic E-state index is 12.1. The summed E-state index contributed by atoms with van der Waals surface area (Å²) in [5, 5.41) is 5.40. The van der Waals surface area contributed by atoms with E-state index in [1.54, 1.807) is 18.3 Å². The van der Waals surface area contributed by atoms with Crippen LogP contribution in [0.15, 0.2) is 75.1 Å². The predicted molar refractivity (Wildman–Crippen MR) is 139 cm³/mol. The number of hydrogen-bond donors (Lipinski definition) is 1. The largest absolute Gasteiger partial charge is 0.490 e. The van der Waals surface area contributed by atoms with Crippen LogP contribution in [0.25, 0.3) is 0 Å². The maximum Gasteiger partial charge on any atom is 0.250 e. The van der Waals surface area contributed by atoms with Crippen LogP contribution in [-0.4, -0.2) is 24.5 Å². The predicted octanol–water partition coefficient (Wildman–Crippen LogP) is 6.98. The van der Waals surface area contributed by atoms with Gasteiger partial charge in [0.25, 0.3) is 0 Å². The number of nitrogens with one attached hydrogen (secondary N) is 1. The van der Waals surface area contributed by atoms with E-state index < -0.39 is 0 Å². The highest BCUT2D eigenvalue weighted by molar-refractivity contribution is 9.10. The van der Waals surface area contributed by atoms with Crippen molar-refractivity contribution in [3.05, 3.63) is 86.3 Å². The van der Waals surface area contributed by atoms with Gasteiger partial charge in [-0.3, -0.25) is 4.79 Å². The number of rotatable bonds is 10. The molecule has 0 heterocycles. The van der Waals surface area contributed by atoms with Crippen LogP contribution in [0.4, 0.5) is 0 Å². The second kappa shape index (κ2) is 12.9. The topological polar surface area (TPSA) is 59.9 Å². The molecule has 0 spiro atoms. The molecule has 0 aliphatic heterocycles. The van der Waals surface area contributed by atoms with E-state index in [0.29, 0.717) is 34.8 Å². The summed E-state index contributed by atoms with van der Waals surface area (Å²) in [5.74, 6) is 1.21. The highest BCUT2D eigenvalue weighted by atomic mass is 79.9. The van der Waals surface area contributed by atoms with Gasteiger partial charge >= 0.3 is 0 Å². The van der Waals surface area contributed by atoms with Crippen molar-refractivity contribution in [2.75, 3.05) is 12.4 Å². The standard InChI is InChI=1S/C24H21BrCl2N2O3S/c1-2-31-22-11-17(13-28-29-24(30)15-33-20-9-7-19(27)8-10-20)21(25)12-23(22)32-14-16-3-5-18(26)6-4-16/h3-13H,2,14-15H2,1H3,(H,29,30)/b28-13-. The Morgan fingerprint density at radius 2 is 1.67 bits per heavy atom. The molecule has 33 heavy (non-hydrogen) atoms. The lowest BCUT2D eigenvalue weighted by Crippen LogP contribution is -2.19. The van der Waals surface area contributed by atoms with Crippen molar-refractivity contribution < 1.29 is 14.3 Å². The van der Waals surface area contributed by atoms with Crippen LogP contribution in [0.3, 0.4) is 0 Å². The Kier molecular flexibility index (Phi) is 9.94. The molecule has 3 rings (SSSR count). The van der Waals surface area contributed by atoms with E-state index >= 15 is 0 Å². The Balaban J connectivity index is 1.60. The third kappa shape index (κ3) is 8.27. The first kappa shape index (κ1) is 25.4. The van der Waals surface area contributed by atoms with Crippen LogP contribution in [0.2, 0.25) is 10.0 Å². The van der Waals surface area contributed by atoms with Gasteiger partial charge in [-0.15, -0.1) is 11.8 Å². The molecular formula is C24H21BrCl2N2O3S. The van der Waals surface area contributed by atoms with Crippen molar-refractivity contribution in [2.45, 2.75) is 18.4 Å². The molecule has 172 valence electrons. The van der Waals surface area contributed by atoms with Gasteiger partial charge in [0.1, 0.15) is 6.61 Å². The average molecular weight is 568 g/mol. The molecule has 3 aromatic rings. The second-order valence-corrected chi connectivity index (χ2v) is 9.48. The first-order valence-electron chi connectivity index (χ1n) is 9.98. The quantitative estimate of drug-likeness (QED) is 0.163. The lowest BCUT2D eigenvalue weighted by atomic mass is 10.2. The molecule has 0 atom stereocenters. The summed E-state index contributed by atoms with van der Waals surface area (Å²) in [6, 6.07) is 18.4. The molecule has 5 nitrogen and oxygen atoms in total. The lowest BCUT2D eigenvalue weighted by Gasteiger charge is -2.14. The average Bonchev–Trinajstić information content (AvgIpc) is 2.80. The molecule has 0 saturated carbocycles. The van der Waals surface area contributed by atoms with E-state index in [0.717, 1.165) is 20.5 Å². The third-order valence-corrected chi connectivity index (χ3v) is 6.45. The fourth-order valence-electron chi connectivity index (χ4n) is 2.66. The van der Waals surface area contributed by atoms with Gasteiger partial charge in [-0.25, -0.2) is 5.43 Å². The van der Waals surface area contributed by atoms with E-state index in [1.807, 2.05) is 55.5 Å². The molecule has 9 heteroatoms. The zero-order valence-corrected chi connectivity index (χ0v) is 21.6. The van der Waals surface area contributed by atoms with E-state index in [9.17, 15) is 4.79 Å². The summed E-state index contributed by atoms with van der Waals surface area (Å²) in [7, 11) is 0. The summed E-state index contributed by atoms with van der Waals surface area (Å²) in [6.07, 6.45) is 1.56. The molecule has 0 aliphatic rings. The molecule has 0 unspecified atom stereocenters. The van der Waals surface area contributed by atoms with Gasteiger partial charge in [-0.05, 0) is 76.9 Å². The Labute approximate surface area is 215 Å². The summed E-state index contributed by atoms with van der Waals surface area (Å²) in [5.41, 5.74) is 4.26. The molecule has 0 aliphatic carbocycles. The lowest BCUT2D eigenvalue weighted by molar-refractivity contribution is -0.118. The van der Waals surface area contributed by atoms with E-state index in [1.165, 1.54) is 11.8 Å². The first-order valence-corrected chi connectivity index (χ1v) is 12.5. The van der Waals surface area contributed by atoms with Gasteiger partial charge in [-0.1, -0.05) is 35.3 Å². The van der Waals surface area contributed by atoms with Crippen molar-refractivity contribution in [1.82, 2.24) is 5.43 Å². The maximum absolute atomic E-state index is 12.1. The molecular weight excluding hydrogens is 547 g/mol. The number of carbonyl (C=O) groups excluding carboxylic acids is 1. The summed E-state index contributed by atoms with van der Waals surface area (Å²) < 4.78 is 12.4. The number of carbonyl (C=O) groups is 1. The summed E-state index contributed by atoms with van der Waals surface area (Å²) in [6.45, 7) is 2.75. The molecule has 1 amide bonds. The van der Waals surface area contributed by atoms with Crippen LogP contribution in [0.1, 0.15) is 18.1 Å². The van der Waals surface area contributed by atoms with Gasteiger partial charge < -0.3 is 9.47 Å². The number of amides is 1. The highest BCUT2D eigenvalue weighted by Crippen LogP contribution is 2.34. The summed E-state index contributed by atoms with van der Waals surface area (Å²) >= 11 is 16.7. The number of hydrogen-bond acceptors (Lipinski definition) is 5. The van der Waals surface area contributed by atoms with Crippen LogP contribution >= 0.6 is 50.9 Å². The third-order valence-electron chi connectivity index (χ3n) is 4.25. The first-order chi connectivity index (χ1) is 15.9. The SMILES string of the molecule is CCOc1cc(/C=N\NC(=O)CSc2ccc(Cl)cc2)c(Br)cc1OCc1ccc(Cl)cc1. The van der Waals surface area contributed by atoms with E-state index in [-0.39, 0.29) is 11.7 Å².